The Morgan fingerprint density at radius 1 is 1.16 bits per heavy atom. The van der Waals surface area contributed by atoms with Crippen LogP contribution in [0.2, 0.25) is 5.02 Å². The highest BCUT2D eigenvalue weighted by molar-refractivity contribution is 7.92. The standard InChI is InChI=1S/C28H30ClF2N7O5S/c1-28(2,3)43-27(39)37-10-8-15(9-11-37)38-26-22(25(32)33-14-34-26)24(35-38)16-6-5-7-19(23(16)31)36-44(40,41)21-12-17(29)20(42-4)13-18(21)30/h5-7,12-15,36H,8-11H2,1-4H3,(H2,32,33,34). The number of methoxy groups -OCH3 is 1. The molecule has 1 saturated heterocycles. The first-order valence-corrected chi connectivity index (χ1v) is 15.4. The summed E-state index contributed by atoms with van der Waals surface area (Å²) in [5.74, 6) is -2.13. The molecule has 5 rings (SSSR count). The van der Waals surface area contributed by atoms with E-state index in [1.165, 1.54) is 31.6 Å². The normalized spacial score (nSPS) is 14.6. The second-order valence-electron chi connectivity index (χ2n) is 11.1. The number of ether oxygens (including phenoxy) is 2. The molecule has 2 aromatic heterocycles. The highest BCUT2D eigenvalue weighted by Gasteiger charge is 2.31. The fourth-order valence-electron chi connectivity index (χ4n) is 4.92. The molecule has 1 fully saturated rings. The number of nitrogen functional groups attached to an aromatic ring is 1. The van der Waals surface area contributed by atoms with Crippen molar-refractivity contribution >= 4 is 50.3 Å². The van der Waals surface area contributed by atoms with Crippen molar-refractivity contribution in [1.29, 1.82) is 0 Å². The molecule has 3 heterocycles. The number of sulfonamides is 1. The number of anilines is 2. The number of halogens is 3. The zero-order valence-corrected chi connectivity index (χ0v) is 25.8. The van der Waals surface area contributed by atoms with E-state index in [0.29, 0.717) is 31.6 Å². The summed E-state index contributed by atoms with van der Waals surface area (Å²) in [6, 6.07) is 5.49. The van der Waals surface area contributed by atoms with Crippen LogP contribution in [-0.2, 0) is 14.8 Å². The van der Waals surface area contributed by atoms with E-state index >= 15 is 4.39 Å². The zero-order chi connectivity index (χ0) is 32.0. The van der Waals surface area contributed by atoms with Gasteiger partial charge in [-0.1, -0.05) is 17.7 Å². The SMILES string of the molecule is COc1cc(F)c(S(=O)(=O)Nc2cccc(-c3nn(C4CCN(C(=O)OC(C)(C)C)CC4)c4ncnc(N)c34)c2F)cc1Cl. The quantitative estimate of drug-likeness (QED) is 0.280. The molecule has 0 atom stereocenters. The maximum absolute atomic E-state index is 16.0. The maximum Gasteiger partial charge on any atom is 0.410 e. The Morgan fingerprint density at radius 3 is 2.52 bits per heavy atom. The number of aromatic nitrogens is 4. The molecule has 1 aliphatic heterocycles. The number of benzene rings is 2. The lowest BCUT2D eigenvalue weighted by Gasteiger charge is -2.33. The van der Waals surface area contributed by atoms with Crippen LogP contribution in [0.1, 0.15) is 39.7 Å². The summed E-state index contributed by atoms with van der Waals surface area (Å²) in [5.41, 5.74) is 5.47. The average Bonchev–Trinajstić information content (AvgIpc) is 3.35. The minimum atomic E-state index is -4.62. The Morgan fingerprint density at radius 2 is 1.86 bits per heavy atom. The molecule has 0 spiro atoms. The minimum Gasteiger partial charge on any atom is -0.495 e. The van der Waals surface area contributed by atoms with E-state index in [2.05, 4.69) is 19.8 Å². The maximum atomic E-state index is 16.0. The number of carbonyl (C=O) groups is 1. The van der Waals surface area contributed by atoms with Gasteiger partial charge in [-0.15, -0.1) is 0 Å². The number of rotatable bonds is 6. The lowest BCUT2D eigenvalue weighted by Crippen LogP contribution is -2.42. The predicted molar refractivity (Wildman–Crippen MR) is 160 cm³/mol. The summed E-state index contributed by atoms with van der Waals surface area (Å²) in [6.45, 7) is 6.18. The minimum absolute atomic E-state index is 0.0442. The Kier molecular flexibility index (Phi) is 8.29. The number of likely N-dealkylation sites (tertiary alicyclic amines) is 1. The van der Waals surface area contributed by atoms with E-state index in [4.69, 9.17) is 26.8 Å². The first-order valence-electron chi connectivity index (χ1n) is 13.5. The molecular weight excluding hydrogens is 620 g/mol. The van der Waals surface area contributed by atoms with Crippen molar-refractivity contribution in [1.82, 2.24) is 24.6 Å². The molecule has 16 heteroatoms. The highest BCUT2D eigenvalue weighted by Crippen LogP contribution is 2.38. The summed E-state index contributed by atoms with van der Waals surface area (Å²) in [4.78, 5) is 21.8. The lowest BCUT2D eigenvalue weighted by molar-refractivity contribution is 0.0186. The third-order valence-electron chi connectivity index (χ3n) is 6.97. The molecule has 1 amide bonds. The molecule has 3 N–H and O–H groups in total. The molecule has 0 unspecified atom stereocenters. The van der Waals surface area contributed by atoms with Gasteiger partial charge in [0.1, 0.15) is 39.9 Å². The Balaban J connectivity index is 1.48. The number of fused-ring (bicyclic) bond motifs is 1. The Hall–Kier alpha value is -4.24. The molecule has 0 radical (unpaired) electrons. The largest absolute Gasteiger partial charge is 0.495 e. The summed E-state index contributed by atoms with van der Waals surface area (Å²) >= 11 is 6.01. The van der Waals surface area contributed by atoms with Gasteiger partial charge in [0.05, 0.1) is 29.2 Å². The van der Waals surface area contributed by atoms with Gasteiger partial charge in [0, 0.05) is 24.7 Å². The number of nitrogens with two attached hydrogens (primary N) is 1. The third-order valence-corrected chi connectivity index (χ3v) is 8.65. The van der Waals surface area contributed by atoms with Gasteiger partial charge in [-0.05, 0) is 51.8 Å². The molecule has 44 heavy (non-hydrogen) atoms. The van der Waals surface area contributed by atoms with Crippen LogP contribution < -0.4 is 15.2 Å². The van der Waals surface area contributed by atoms with Gasteiger partial charge >= 0.3 is 6.09 Å². The van der Waals surface area contributed by atoms with Crippen molar-refractivity contribution < 1.29 is 31.5 Å². The van der Waals surface area contributed by atoms with E-state index in [9.17, 15) is 17.6 Å². The van der Waals surface area contributed by atoms with Gasteiger partial charge in [0.15, 0.2) is 11.5 Å². The number of carbonyl (C=O) groups excluding carboxylic acids is 1. The van der Waals surface area contributed by atoms with Crippen molar-refractivity contribution in [3.8, 4) is 17.0 Å². The number of piperidine rings is 1. The second-order valence-corrected chi connectivity index (χ2v) is 13.2. The monoisotopic (exact) mass is 649 g/mol. The van der Waals surface area contributed by atoms with Crippen LogP contribution in [0.5, 0.6) is 5.75 Å². The third kappa shape index (κ3) is 6.06. The lowest BCUT2D eigenvalue weighted by atomic mass is 10.1. The molecule has 1 aliphatic rings. The van der Waals surface area contributed by atoms with Crippen molar-refractivity contribution in [3.63, 3.8) is 0 Å². The highest BCUT2D eigenvalue weighted by atomic mass is 35.5. The van der Waals surface area contributed by atoms with Crippen LogP contribution in [0.3, 0.4) is 0 Å². The van der Waals surface area contributed by atoms with Crippen LogP contribution in [0, 0.1) is 11.6 Å². The van der Waals surface area contributed by atoms with Gasteiger partial charge < -0.3 is 20.1 Å². The molecule has 0 aliphatic carbocycles. The zero-order valence-electron chi connectivity index (χ0n) is 24.3. The van der Waals surface area contributed by atoms with E-state index in [1.807, 2.05) is 0 Å². The van der Waals surface area contributed by atoms with Gasteiger partial charge in [-0.3, -0.25) is 4.72 Å². The fourth-order valence-corrected chi connectivity index (χ4v) is 6.38. The smallest absolute Gasteiger partial charge is 0.410 e. The molecule has 0 saturated carbocycles. The Bertz CT molecular complexity index is 1860. The number of hydrogen-bond donors (Lipinski definition) is 2. The molecule has 4 aromatic rings. The van der Waals surface area contributed by atoms with Gasteiger partial charge in [-0.25, -0.2) is 36.6 Å². The summed E-state index contributed by atoms with van der Waals surface area (Å²) < 4.78 is 71.0. The van der Waals surface area contributed by atoms with Crippen LogP contribution >= 0.6 is 11.6 Å². The van der Waals surface area contributed by atoms with Crippen molar-refractivity contribution in [2.24, 2.45) is 0 Å². The molecular formula is C28H30ClF2N7O5S. The van der Waals surface area contributed by atoms with Crippen molar-refractivity contribution in [2.45, 2.75) is 50.2 Å². The topological polar surface area (TPSA) is 155 Å². The molecule has 0 bridgehead atoms. The van der Waals surface area contributed by atoms with Crippen molar-refractivity contribution in [2.75, 3.05) is 30.7 Å². The number of nitrogens with one attached hydrogen (secondary N) is 1. The number of nitrogens with zero attached hydrogens (tertiary/aromatic N) is 5. The average molecular weight is 650 g/mol. The molecule has 234 valence electrons. The number of hydrogen-bond acceptors (Lipinski definition) is 9. The van der Waals surface area contributed by atoms with E-state index < -0.39 is 43.9 Å². The van der Waals surface area contributed by atoms with Gasteiger partial charge in [0.2, 0.25) is 0 Å². The molecule has 12 nitrogen and oxygen atoms in total. The van der Waals surface area contributed by atoms with E-state index in [1.54, 1.807) is 30.4 Å². The van der Waals surface area contributed by atoms with Crippen LogP contribution in [0.4, 0.5) is 25.1 Å². The first kappa shape index (κ1) is 31.2. The van der Waals surface area contributed by atoms with Crippen LogP contribution in [0.15, 0.2) is 41.6 Å². The number of amides is 1. The van der Waals surface area contributed by atoms with E-state index in [-0.39, 0.29) is 39.3 Å². The van der Waals surface area contributed by atoms with Gasteiger partial charge in [0.25, 0.3) is 10.0 Å². The second kappa shape index (κ2) is 11.7. The molecule has 2 aromatic carbocycles. The van der Waals surface area contributed by atoms with Crippen LogP contribution in [-0.4, -0.2) is 65.0 Å². The van der Waals surface area contributed by atoms with E-state index in [0.717, 1.165) is 12.1 Å². The predicted octanol–water partition coefficient (Wildman–Crippen LogP) is 5.39. The first-order chi connectivity index (χ1) is 20.7. The summed E-state index contributed by atoms with van der Waals surface area (Å²) in [6.07, 6.45) is 1.88. The Labute approximate surface area is 257 Å². The van der Waals surface area contributed by atoms with Crippen LogP contribution in [0.25, 0.3) is 22.3 Å². The summed E-state index contributed by atoms with van der Waals surface area (Å²) in [5, 5.41) is 4.79. The summed E-state index contributed by atoms with van der Waals surface area (Å²) in [7, 11) is -3.37. The van der Waals surface area contributed by atoms with Gasteiger partial charge in [-0.2, -0.15) is 5.10 Å². The fraction of sp³-hybridized carbons (Fsp3) is 0.357. The van der Waals surface area contributed by atoms with Crippen molar-refractivity contribution in [3.05, 3.63) is 53.3 Å².